The van der Waals surface area contributed by atoms with E-state index in [0.717, 1.165) is 26.9 Å². The van der Waals surface area contributed by atoms with Crippen molar-refractivity contribution in [1.82, 2.24) is 4.98 Å². The smallest absolute Gasteiger partial charge is 0.269 e. The van der Waals surface area contributed by atoms with Crippen molar-refractivity contribution in [2.45, 2.75) is 17.1 Å². The van der Waals surface area contributed by atoms with Crippen LogP contribution in [0.5, 0.6) is 0 Å². The number of anilines is 2. The molecule has 194 valence electrons. The van der Waals surface area contributed by atoms with Crippen molar-refractivity contribution in [2.24, 2.45) is 0 Å². The number of nitrogens with one attached hydrogen (secondary N) is 2. The molecule has 0 aliphatic carbocycles. The fourth-order valence-corrected chi connectivity index (χ4v) is 5.42. The van der Waals surface area contributed by atoms with E-state index in [1.165, 1.54) is 47.4 Å². The van der Waals surface area contributed by atoms with Gasteiger partial charge in [-0.25, -0.2) is 4.98 Å². The number of nitro benzene ring substituents is 1. The average Bonchev–Trinajstić information content (AvgIpc) is 3.42. The molecule has 0 fully saturated rings. The summed E-state index contributed by atoms with van der Waals surface area (Å²) in [5, 5.41) is 20.8. The molecule has 39 heavy (non-hydrogen) atoms. The summed E-state index contributed by atoms with van der Waals surface area (Å²) in [6.45, 7) is 1.82. The number of thioether (sulfide) groups is 1. The Kier molecular flexibility index (Phi) is 7.67. The van der Waals surface area contributed by atoms with Crippen LogP contribution in [-0.2, 0) is 4.79 Å². The zero-order valence-corrected chi connectivity index (χ0v) is 22.3. The van der Waals surface area contributed by atoms with Crippen molar-refractivity contribution in [3.8, 4) is 11.3 Å². The molecule has 2 amide bonds. The minimum atomic E-state index is -0.514. The first-order chi connectivity index (χ1) is 18.9. The highest BCUT2D eigenvalue weighted by molar-refractivity contribution is 8.00. The molecule has 0 radical (unpaired) electrons. The molecule has 1 unspecified atom stereocenters. The summed E-state index contributed by atoms with van der Waals surface area (Å²) < 4.78 is 0. The first kappa shape index (κ1) is 26.1. The number of benzene rings is 4. The molecule has 1 heterocycles. The van der Waals surface area contributed by atoms with Gasteiger partial charge in [0.15, 0.2) is 5.13 Å². The van der Waals surface area contributed by atoms with Gasteiger partial charge in [0.1, 0.15) is 0 Å². The minimum Gasteiger partial charge on any atom is -0.322 e. The molecule has 0 aliphatic heterocycles. The van der Waals surface area contributed by atoms with Crippen LogP contribution in [0.3, 0.4) is 0 Å². The van der Waals surface area contributed by atoms with Crippen LogP contribution in [0.4, 0.5) is 16.5 Å². The number of hydrogen-bond donors (Lipinski definition) is 2. The molecule has 0 spiro atoms. The normalized spacial score (nSPS) is 11.6. The summed E-state index contributed by atoms with van der Waals surface area (Å²) in [5.74, 6) is -0.528. The number of nitrogens with zero attached hydrogens (tertiary/aromatic N) is 2. The Balaban J connectivity index is 1.16. The van der Waals surface area contributed by atoms with E-state index < -0.39 is 4.92 Å². The number of carbonyl (C=O) groups excluding carboxylic acids is 2. The van der Waals surface area contributed by atoms with Gasteiger partial charge in [-0.15, -0.1) is 23.1 Å². The van der Waals surface area contributed by atoms with E-state index in [2.05, 4.69) is 39.9 Å². The van der Waals surface area contributed by atoms with Crippen molar-refractivity contribution >= 4 is 62.2 Å². The molecular formula is C29H22N4O4S2. The van der Waals surface area contributed by atoms with Gasteiger partial charge >= 0.3 is 0 Å². The fraction of sp³-hybridized carbons (Fsp3) is 0.0690. The molecule has 0 aliphatic rings. The lowest BCUT2D eigenvalue weighted by molar-refractivity contribution is -0.384. The first-order valence-electron chi connectivity index (χ1n) is 11.9. The number of non-ortho nitro benzene ring substituents is 1. The maximum atomic E-state index is 12.8. The van der Waals surface area contributed by atoms with E-state index in [9.17, 15) is 19.7 Å². The van der Waals surface area contributed by atoms with E-state index in [1.54, 1.807) is 12.1 Å². The molecule has 8 nitrogen and oxygen atoms in total. The third kappa shape index (κ3) is 6.31. The molecule has 4 aromatic carbocycles. The van der Waals surface area contributed by atoms with Gasteiger partial charge in [-0.3, -0.25) is 19.7 Å². The van der Waals surface area contributed by atoms with Gasteiger partial charge in [0.05, 0.1) is 15.9 Å². The summed E-state index contributed by atoms with van der Waals surface area (Å²) in [6, 6.07) is 26.8. The van der Waals surface area contributed by atoms with E-state index in [0.29, 0.717) is 16.4 Å². The predicted octanol–water partition coefficient (Wildman–Crippen LogP) is 7.24. The van der Waals surface area contributed by atoms with Crippen molar-refractivity contribution < 1.29 is 14.5 Å². The molecule has 0 saturated carbocycles. The number of hydrogen-bond acceptors (Lipinski definition) is 7. The predicted molar refractivity (Wildman–Crippen MR) is 156 cm³/mol. The number of fused-ring (bicyclic) bond motifs is 1. The highest BCUT2D eigenvalue weighted by Crippen LogP contribution is 2.30. The van der Waals surface area contributed by atoms with E-state index in [1.807, 2.05) is 42.6 Å². The highest BCUT2D eigenvalue weighted by Gasteiger charge is 2.17. The van der Waals surface area contributed by atoms with Gasteiger partial charge < -0.3 is 10.6 Å². The third-order valence-corrected chi connectivity index (χ3v) is 7.78. The van der Waals surface area contributed by atoms with Gasteiger partial charge in [-0.1, -0.05) is 36.4 Å². The maximum Gasteiger partial charge on any atom is 0.269 e. The fourth-order valence-electron chi connectivity index (χ4n) is 3.83. The van der Waals surface area contributed by atoms with E-state index in [-0.39, 0.29) is 22.8 Å². The van der Waals surface area contributed by atoms with Gasteiger partial charge in [0.2, 0.25) is 5.91 Å². The minimum absolute atomic E-state index is 0.0775. The number of aromatic nitrogens is 1. The summed E-state index contributed by atoms with van der Waals surface area (Å²) >= 11 is 2.78. The second kappa shape index (κ2) is 11.5. The van der Waals surface area contributed by atoms with Crippen LogP contribution in [0, 0.1) is 10.1 Å². The Bertz CT molecular complexity index is 1670. The van der Waals surface area contributed by atoms with Crippen LogP contribution in [0.1, 0.15) is 17.3 Å². The number of amides is 2. The number of nitro groups is 1. The zero-order valence-electron chi connectivity index (χ0n) is 20.7. The van der Waals surface area contributed by atoms with Gasteiger partial charge in [0, 0.05) is 39.2 Å². The van der Waals surface area contributed by atoms with Crippen molar-refractivity contribution in [1.29, 1.82) is 0 Å². The zero-order chi connectivity index (χ0) is 27.4. The van der Waals surface area contributed by atoms with E-state index in [4.69, 9.17) is 0 Å². The van der Waals surface area contributed by atoms with Crippen LogP contribution in [-0.4, -0.2) is 27.0 Å². The van der Waals surface area contributed by atoms with Crippen LogP contribution >= 0.6 is 23.1 Å². The van der Waals surface area contributed by atoms with Gasteiger partial charge in [-0.05, 0) is 60.2 Å². The van der Waals surface area contributed by atoms with Crippen LogP contribution in [0.15, 0.2) is 101 Å². The van der Waals surface area contributed by atoms with Crippen LogP contribution in [0.2, 0.25) is 0 Å². The Labute approximate surface area is 232 Å². The molecule has 1 atom stereocenters. The maximum absolute atomic E-state index is 12.8. The molecule has 10 heteroatoms. The Morgan fingerprint density at radius 2 is 1.64 bits per heavy atom. The Hall–Kier alpha value is -4.54. The molecule has 0 bridgehead atoms. The lowest BCUT2D eigenvalue weighted by Gasteiger charge is -2.11. The topological polar surface area (TPSA) is 114 Å². The number of carbonyl (C=O) groups is 2. The molecule has 5 aromatic rings. The van der Waals surface area contributed by atoms with Gasteiger partial charge in [0.25, 0.3) is 11.6 Å². The van der Waals surface area contributed by atoms with Crippen LogP contribution < -0.4 is 10.6 Å². The van der Waals surface area contributed by atoms with Crippen molar-refractivity contribution in [2.75, 3.05) is 10.6 Å². The first-order valence-corrected chi connectivity index (χ1v) is 13.7. The lowest BCUT2D eigenvalue weighted by Crippen LogP contribution is -2.22. The van der Waals surface area contributed by atoms with Crippen LogP contribution in [0.25, 0.3) is 22.0 Å². The Morgan fingerprint density at radius 3 is 2.36 bits per heavy atom. The molecule has 2 N–H and O–H groups in total. The number of thiazole rings is 1. The van der Waals surface area contributed by atoms with Crippen molar-refractivity contribution in [3.05, 3.63) is 112 Å². The molecule has 0 saturated heterocycles. The Morgan fingerprint density at radius 1 is 0.923 bits per heavy atom. The number of rotatable bonds is 8. The average molecular weight is 555 g/mol. The largest absolute Gasteiger partial charge is 0.322 e. The van der Waals surface area contributed by atoms with Crippen molar-refractivity contribution in [3.63, 3.8) is 0 Å². The lowest BCUT2D eigenvalue weighted by atomic mass is 10.1. The second-order valence-corrected chi connectivity index (χ2v) is 10.9. The van der Waals surface area contributed by atoms with Gasteiger partial charge in [-0.2, -0.15) is 0 Å². The third-order valence-electron chi connectivity index (χ3n) is 5.91. The summed E-state index contributed by atoms with van der Waals surface area (Å²) in [5.41, 5.74) is 2.62. The second-order valence-electron chi connectivity index (χ2n) is 8.63. The highest BCUT2D eigenvalue weighted by atomic mass is 32.2. The van der Waals surface area contributed by atoms with E-state index >= 15 is 0 Å². The molecule has 5 rings (SSSR count). The summed E-state index contributed by atoms with van der Waals surface area (Å²) in [6.07, 6.45) is 0. The standard InChI is InChI=1S/C29H22N4O4S2/c1-18(27(34)32-29-31-26(17-38-29)22-7-6-19-4-2-3-5-21(19)16-22)39-25-14-10-23(11-15-25)30-28(35)20-8-12-24(13-9-20)33(36)37/h2-18H,1H3,(H,30,35)(H,31,32,34). The molecular weight excluding hydrogens is 532 g/mol. The monoisotopic (exact) mass is 554 g/mol. The SMILES string of the molecule is CC(Sc1ccc(NC(=O)c2ccc([N+](=O)[O-])cc2)cc1)C(=O)Nc1nc(-c2ccc3ccccc3c2)cs1. The summed E-state index contributed by atoms with van der Waals surface area (Å²) in [4.78, 5) is 41.0. The summed E-state index contributed by atoms with van der Waals surface area (Å²) in [7, 11) is 0. The molecule has 1 aromatic heterocycles. The quantitative estimate of drug-likeness (QED) is 0.119.